The first-order valence-electron chi connectivity index (χ1n) is 8.38. The normalized spacial score (nSPS) is 14.8. The molecule has 0 fully saturated rings. The van der Waals surface area contributed by atoms with E-state index < -0.39 is 17.0 Å². The van der Waals surface area contributed by atoms with E-state index in [0.717, 1.165) is 0 Å². The van der Waals surface area contributed by atoms with Gasteiger partial charge in [0.2, 0.25) is 11.6 Å². The minimum atomic E-state index is -0.696. The molecule has 0 unspecified atom stereocenters. The van der Waals surface area contributed by atoms with Crippen molar-refractivity contribution >= 4 is 23.3 Å². The Kier molecular flexibility index (Phi) is 5.45. The fraction of sp³-hybridized carbons (Fsp3) is 0.450. The summed E-state index contributed by atoms with van der Waals surface area (Å²) < 4.78 is 5.29. The molecular formula is C20H24O5. The van der Waals surface area contributed by atoms with Gasteiger partial charge in [0, 0.05) is 28.5 Å². The number of fused-ring (bicyclic) bond motifs is 1. The van der Waals surface area contributed by atoms with Crippen LogP contribution in [0, 0.1) is 11.3 Å². The number of esters is 1. The van der Waals surface area contributed by atoms with Gasteiger partial charge < -0.3 is 9.84 Å². The maximum Gasteiger partial charge on any atom is 0.306 e. The van der Waals surface area contributed by atoms with Gasteiger partial charge in [-0.25, -0.2) is 0 Å². The lowest BCUT2D eigenvalue weighted by molar-refractivity contribution is -0.147. The van der Waals surface area contributed by atoms with Gasteiger partial charge in [-0.1, -0.05) is 52.0 Å². The summed E-state index contributed by atoms with van der Waals surface area (Å²) in [6, 6.07) is 6.50. The van der Waals surface area contributed by atoms with Gasteiger partial charge >= 0.3 is 5.97 Å². The third-order valence-electron chi connectivity index (χ3n) is 4.05. The second kappa shape index (κ2) is 7.21. The van der Waals surface area contributed by atoms with Crippen molar-refractivity contribution in [3.05, 3.63) is 41.0 Å². The standard InChI is InChI=1S/C20H24O5/c1-12(2)9-16(21)25-11-20(3,4)10-15-17(22)13-7-5-6-8-14(13)18(23)19(15)24/h5-8,12,22H,9-11H2,1-4H3. The number of carbonyl (C=O) groups excluding carboxylic acids is 3. The fourth-order valence-corrected chi connectivity index (χ4v) is 2.78. The number of hydrogen-bond acceptors (Lipinski definition) is 5. The Morgan fingerprint density at radius 3 is 2.32 bits per heavy atom. The van der Waals surface area contributed by atoms with Crippen molar-refractivity contribution in [1.82, 2.24) is 0 Å². The van der Waals surface area contributed by atoms with E-state index in [0.29, 0.717) is 12.0 Å². The molecule has 0 radical (unpaired) electrons. The highest BCUT2D eigenvalue weighted by Crippen LogP contribution is 2.35. The maximum atomic E-state index is 12.4. The van der Waals surface area contributed by atoms with Crippen molar-refractivity contribution in [2.75, 3.05) is 6.61 Å². The molecule has 5 heteroatoms. The summed E-state index contributed by atoms with van der Waals surface area (Å²) in [7, 11) is 0. The SMILES string of the molecule is CC(C)CC(=O)OCC(C)(C)CC1=C(O)c2ccccc2C(=O)C1=O. The molecular weight excluding hydrogens is 320 g/mol. The summed E-state index contributed by atoms with van der Waals surface area (Å²) in [5, 5.41) is 10.5. The van der Waals surface area contributed by atoms with Crippen molar-refractivity contribution in [3.63, 3.8) is 0 Å². The monoisotopic (exact) mass is 344 g/mol. The molecule has 0 saturated heterocycles. The van der Waals surface area contributed by atoms with Crippen LogP contribution >= 0.6 is 0 Å². The molecule has 0 amide bonds. The lowest BCUT2D eigenvalue weighted by Crippen LogP contribution is -2.30. The number of aliphatic hydroxyl groups excluding tert-OH is 1. The molecule has 1 aromatic carbocycles. The quantitative estimate of drug-likeness (QED) is 0.628. The van der Waals surface area contributed by atoms with Crippen LogP contribution in [-0.4, -0.2) is 29.2 Å². The van der Waals surface area contributed by atoms with E-state index in [9.17, 15) is 19.5 Å². The molecule has 0 aromatic heterocycles. The average Bonchev–Trinajstić information content (AvgIpc) is 2.54. The Balaban J connectivity index is 2.19. The summed E-state index contributed by atoms with van der Waals surface area (Å²) in [6.07, 6.45) is 0.474. The first kappa shape index (κ1) is 18.9. The van der Waals surface area contributed by atoms with Gasteiger partial charge in [-0.3, -0.25) is 14.4 Å². The predicted molar refractivity (Wildman–Crippen MR) is 94.1 cm³/mol. The van der Waals surface area contributed by atoms with E-state index in [2.05, 4.69) is 0 Å². The molecule has 0 bridgehead atoms. The third kappa shape index (κ3) is 4.35. The number of hydrogen-bond donors (Lipinski definition) is 1. The van der Waals surface area contributed by atoms with Crippen molar-refractivity contribution in [1.29, 1.82) is 0 Å². The van der Waals surface area contributed by atoms with Gasteiger partial charge in [-0.2, -0.15) is 0 Å². The summed E-state index contributed by atoms with van der Waals surface area (Å²) in [5.41, 5.74) is 0.0799. The highest BCUT2D eigenvalue weighted by Gasteiger charge is 2.36. The Labute approximate surface area is 147 Å². The zero-order chi connectivity index (χ0) is 18.8. The van der Waals surface area contributed by atoms with E-state index >= 15 is 0 Å². The molecule has 1 aromatic rings. The number of Topliss-reactive ketones (excluding diaryl/α,β-unsaturated/α-hetero) is 2. The second-order valence-corrected chi connectivity index (χ2v) is 7.63. The molecule has 1 aliphatic carbocycles. The molecule has 134 valence electrons. The number of ketones is 2. The molecule has 2 rings (SSSR count). The summed E-state index contributed by atoms with van der Waals surface area (Å²) in [6.45, 7) is 7.62. The van der Waals surface area contributed by atoms with Gasteiger partial charge in [-0.15, -0.1) is 0 Å². The van der Waals surface area contributed by atoms with Gasteiger partial charge in [0.15, 0.2) is 0 Å². The van der Waals surface area contributed by atoms with Crippen LogP contribution in [0.2, 0.25) is 0 Å². The topological polar surface area (TPSA) is 80.7 Å². The maximum absolute atomic E-state index is 12.4. The molecule has 0 saturated carbocycles. The first-order valence-corrected chi connectivity index (χ1v) is 8.38. The smallest absolute Gasteiger partial charge is 0.306 e. The number of aliphatic hydroxyl groups is 1. The minimum Gasteiger partial charge on any atom is -0.507 e. The summed E-state index contributed by atoms with van der Waals surface area (Å²) in [5.74, 6) is -1.57. The number of ether oxygens (including phenoxy) is 1. The van der Waals surface area contributed by atoms with Crippen molar-refractivity contribution < 1.29 is 24.2 Å². The summed E-state index contributed by atoms with van der Waals surface area (Å²) in [4.78, 5) is 36.4. The zero-order valence-corrected chi connectivity index (χ0v) is 15.1. The Hall–Kier alpha value is -2.43. The van der Waals surface area contributed by atoms with E-state index in [1.54, 1.807) is 18.2 Å². The predicted octanol–water partition coefficient (Wildman–Crippen LogP) is 3.73. The van der Waals surface area contributed by atoms with Crippen LogP contribution < -0.4 is 0 Å². The molecule has 0 atom stereocenters. The van der Waals surface area contributed by atoms with Crippen LogP contribution in [-0.2, 0) is 14.3 Å². The number of rotatable bonds is 6. The molecule has 0 aliphatic heterocycles. The van der Waals surface area contributed by atoms with E-state index in [1.807, 2.05) is 27.7 Å². The van der Waals surface area contributed by atoms with Crippen molar-refractivity contribution in [2.45, 2.75) is 40.5 Å². The van der Waals surface area contributed by atoms with E-state index in [4.69, 9.17) is 4.74 Å². The molecule has 0 heterocycles. The Bertz CT molecular complexity index is 740. The highest BCUT2D eigenvalue weighted by molar-refractivity contribution is 6.52. The second-order valence-electron chi connectivity index (χ2n) is 7.63. The molecule has 0 spiro atoms. The lowest BCUT2D eigenvalue weighted by Gasteiger charge is -2.27. The molecule has 5 nitrogen and oxygen atoms in total. The fourth-order valence-electron chi connectivity index (χ4n) is 2.78. The lowest BCUT2D eigenvalue weighted by atomic mass is 9.79. The zero-order valence-electron chi connectivity index (χ0n) is 15.1. The van der Waals surface area contributed by atoms with Crippen molar-refractivity contribution in [3.8, 4) is 0 Å². The van der Waals surface area contributed by atoms with Gasteiger partial charge in [0.1, 0.15) is 5.76 Å². The molecule has 1 N–H and O–H groups in total. The van der Waals surface area contributed by atoms with E-state index in [1.165, 1.54) is 6.07 Å². The summed E-state index contributed by atoms with van der Waals surface area (Å²) >= 11 is 0. The van der Waals surface area contributed by atoms with Crippen molar-refractivity contribution in [2.24, 2.45) is 11.3 Å². The average molecular weight is 344 g/mol. The molecule has 1 aliphatic rings. The van der Waals surface area contributed by atoms with E-state index in [-0.39, 0.29) is 41.8 Å². The highest BCUT2D eigenvalue weighted by atomic mass is 16.5. The van der Waals surface area contributed by atoms with Gasteiger partial charge in [-0.05, 0) is 12.3 Å². The van der Waals surface area contributed by atoms with Crippen LogP contribution in [0.1, 0.15) is 56.5 Å². The minimum absolute atomic E-state index is 0.0774. The van der Waals surface area contributed by atoms with Crippen LogP contribution in [0.25, 0.3) is 5.76 Å². The van der Waals surface area contributed by atoms with Crippen LogP contribution in [0.3, 0.4) is 0 Å². The largest absolute Gasteiger partial charge is 0.507 e. The van der Waals surface area contributed by atoms with Crippen LogP contribution in [0.5, 0.6) is 0 Å². The molecule has 25 heavy (non-hydrogen) atoms. The van der Waals surface area contributed by atoms with Crippen LogP contribution in [0.4, 0.5) is 0 Å². The van der Waals surface area contributed by atoms with Gasteiger partial charge in [0.05, 0.1) is 6.61 Å². The number of carbonyl (C=O) groups is 3. The van der Waals surface area contributed by atoms with Crippen LogP contribution in [0.15, 0.2) is 29.8 Å². The number of benzene rings is 1. The first-order chi connectivity index (χ1) is 11.6. The Morgan fingerprint density at radius 1 is 1.12 bits per heavy atom. The third-order valence-corrected chi connectivity index (χ3v) is 4.05. The van der Waals surface area contributed by atoms with Gasteiger partial charge in [0.25, 0.3) is 0 Å². The Morgan fingerprint density at radius 2 is 1.72 bits per heavy atom. The number of allylic oxidation sites excluding steroid dienone is 1.